The van der Waals surface area contributed by atoms with E-state index in [1.54, 1.807) is 18.2 Å². The van der Waals surface area contributed by atoms with E-state index in [4.69, 9.17) is 10.00 Å². The normalized spacial score (nSPS) is 10.9. The fourth-order valence-electron chi connectivity index (χ4n) is 1.59. The molecule has 0 spiro atoms. The molecular weight excluding hydrogens is 382 g/mol. The van der Waals surface area contributed by atoms with E-state index in [1.165, 1.54) is 12.1 Å². The molecule has 6 heteroatoms. The van der Waals surface area contributed by atoms with Gasteiger partial charge in [-0.2, -0.15) is 18.4 Å². The standard InChI is InChI=1S/C14H7F3INO/c15-14(16,17)13-5-4-12(6-9(13)8-19)20-11-3-1-2-10(18)7-11/h1-7H. The van der Waals surface area contributed by atoms with Crippen molar-refractivity contribution in [2.75, 3.05) is 0 Å². The van der Waals surface area contributed by atoms with Crippen LogP contribution in [0.4, 0.5) is 13.2 Å². The largest absolute Gasteiger partial charge is 0.457 e. The zero-order chi connectivity index (χ0) is 14.8. The maximum absolute atomic E-state index is 12.7. The summed E-state index contributed by atoms with van der Waals surface area (Å²) in [6.45, 7) is 0. The van der Waals surface area contributed by atoms with Crippen LogP contribution in [0.3, 0.4) is 0 Å². The third-order valence-electron chi connectivity index (χ3n) is 2.45. The first-order valence-corrected chi connectivity index (χ1v) is 6.53. The van der Waals surface area contributed by atoms with Gasteiger partial charge in [0.05, 0.1) is 17.2 Å². The third-order valence-corrected chi connectivity index (χ3v) is 3.12. The molecular formula is C14H7F3INO. The Kier molecular flexibility index (Phi) is 4.18. The van der Waals surface area contributed by atoms with Gasteiger partial charge in [0, 0.05) is 3.57 Å². The van der Waals surface area contributed by atoms with Gasteiger partial charge in [-0.1, -0.05) is 6.07 Å². The molecule has 20 heavy (non-hydrogen) atoms. The van der Waals surface area contributed by atoms with Crippen LogP contribution in [0.1, 0.15) is 11.1 Å². The fourth-order valence-corrected chi connectivity index (χ4v) is 2.11. The number of hydrogen-bond acceptors (Lipinski definition) is 2. The number of alkyl halides is 3. The summed E-state index contributed by atoms with van der Waals surface area (Å²) in [6, 6.07) is 11.7. The summed E-state index contributed by atoms with van der Waals surface area (Å²) in [6.07, 6.45) is -4.55. The van der Waals surface area contributed by atoms with Crippen molar-refractivity contribution in [2.45, 2.75) is 6.18 Å². The molecule has 0 radical (unpaired) electrons. The second-order valence-electron chi connectivity index (χ2n) is 3.88. The van der Waals surface area contributed by atoms with Gasteiger partial charge in [0.15, 0.2) is 0 Å². The molecule has 0 saturated carbocycles. The first kappa shape index (κ1) is 14.7. The topological polar surface area (TPSA) is 33.0 Å². The quantitative estimate of drug-likeness (QED) is 0.680. The summed E-state index contributed by atoms with van der Waals surface area (Å²) in [5.74, 6) is 0.692. The number of benzene rings is 2. The molecule has 0 aliphatic rings. The Labute approximate surface area is 126 Å². The summed E-state index contributed by atoms with van der Waals surface area (Å²) in [5.41, 5.74) is -1.42. The molecule has 0 saturated heterocycles. The molecule has 0 amide bonds. The summed E-state index contributed by atoms with van der Waals surface area (Å²) in [4.78, 5) is 0. The average molecular weight is 389 g/mol. The van der Waals surface area contributed by atoms with Crippen molar-refractivity contribution >= 4 is 22.6 Å². The summed E-state index contributed by atoms with van der Waals surface area (Å²) < 4.78 is 44.3. The molecule has 0 bridgehead atoms. The van der Waals surface area contributed by atoms with Gasteiger partial charge in [0.25, 0.3) is 0 Å². The van der Waals surface area contributed by atoms with E-state index in [0.717, 1.165) is 15.7 Å². The zero-order valence-corrected chi connectivity index (χ0v) is 12.1. The van der Waals surface area contributed by atoms with Gasteiger partial charge in [-0.15, -0.1) is 0 Å². The number of rotatable bonds is 2. The predicted octanol–water partition coefficient (Wildman–Crippen LogP) is 4.97. The van der Waals surface area contributed by atoms with Crippen LogP contribution in [0, 0.1) is 14.9 Å². The van der Waals surface area contributed by atoms with Gasteiger partial charge < -0.3 is 4.74 Å². The lowest BCUT2D eigenvalue weighted by Crippen LogP contribution is -2.07. The molecule has 2 aromatic carbocycles. The van der Waals surface area contributed by atoms with Crippen molar-refractivity contribution < 1.29 is 17.9 Å². The van der Waals surface area contributed by atoms with Crippen molar-refractivity contribution in [3.05, 3.63) is 57.2 Å². The fraction of sp³-hybridized carbons (Fsp3) is 0.0714. The number of nitriles is 1. The van der Waals surface area contributed by atoms with E-state index in [1.807, 2.05) is 6.07 Å². The Balaban J connectivity index is 2.34. The van der Waals surface area contributed by atoms with Crippen molar-refractivity contribution in [1.82, 2.24) is 0 Å². The highest BCUT2D eigenvalue weighted by Crippen LogP contribution is 2.34. The zero-order valence-electron chi connectivity index (χ0n) is 9.91. The summed E-state index contributed by atoms with van der Waals surface area (Å²) in [7, 11) is 0. The molecule has 0 unspecified atom stereocenters. The van der Waals surface area contributed by atoms with Crippen LogP contribution >= 0.6 is 22.6 Å². The lowest BCUT2D eigenvalue weighted by molar-refractivity contribution is -0.137. The molecule has 2 nitrogen and oxygen atoms in total. The van der Waals surface area contributed by atoms with Gasteiger partial charge in [0.1, 0.15) is 11.5 Å². The lowest BCUT2D eigenvalue weighted by Gasteiger charge is -2.11. The molecule has 0 aliphatic carbocycles. The maximum atomic E-state index is 12.7. The van der Waals surface area contributed by atoms with E-state index in [9.17, 15) is 13.2 Å². The van der Waals surface area contributed by atoms with Gasteiger partial charge in [-0.25, -0.2) is 0 Å². The lowest BCUT2D eigenvalue weighted by atomic mass is 10.1. The third kappa shape index (κ3) is 3.42. The van der Waals surface area contributed by atoms with Gasteiger partial charge >= 0.3 is 6.18 Å². The first-order chi connectivity index (χ1) is 9.40. The highest BCUT2D eigenvalue weighted by molar-refractivity contribution is 14.1. The monoisotopic (exact) mass is 389 g/mol. The minimum absolute atomic E-state index is 0.191. The molecule has 2 aromatic rings. The van der Waals surface area contributed by atoms with Gasteiger partial charge in [-0.05, 0) is 59.0 Å². The Morgan fingerprint density at radius 3 is 2.35 bits per heavy atom. The van der Waals surface area contributed by atoms with Crippen molar-refractivity contribution in [3.63, 3.8) is 0 Å². The number of hydrogen-bond donors (Lipinski definition) is 0. The van der Waals surface area contributed by atoms with E-state index in [-0.39, 0.29) is 5.75 Å². The highest BCUT2D eigenvalue weighted by Gasteiger charge is 2.33. The summed E-state index contributed by atoms with van der Waals surface area (Å²) >= 11 is 2.10. The second kappa shape index (κ2) is 5.71. The molecule has 0 aromatic heterocycles. The van der Waals surface area contributed by atoms with Crippen LogP contribution in [0.5, 0.6) is 11.5 Å². The molecule has 102 valence electrons. The molecule has 2 rings (SSSR count). The Morgan fingerprint density at radius 2 is 1.75 bits per heavy atom. The average Bonchev–Trinajstić information content (AvgIpc) is 2.37. The van der Waals surface area contributed by atoms with Crippen molar-refractivity contribution in [2.24, 2.45) is 0 Å². The minimum atomic E-state index is -4.55. The first-order valence-electron chi connectivity index (χ1n) is 5.45. The van der Waals surface area contributed by atoms with Crippen LogP contribution < -0.4 is 4.74 Å². The van der Waals surface area contributed by atoms with Gasteiger partial charge in [0.2, 0.25) is 0 Å². The van der Waals surface area contributed by atoms with Crippen LogP contribution in [-0.2, 0) is 6.18 Å². The smallest absolute Gasteiger partial charge is 0.417 e. The minimum Gasteiger partial charge on any atom is -0.457 e. The van der Waals surface area contributed by atoms with E-state index in [0.29, 0.717) is 5.75 Å². The molecule has 0 fully saturated rings. The van der Waals surface area contributed by atoms with Crippen molar-refractivity contribution in [3.8, 4) is 17.6 Å². The molecule has 0 heterocycles. The van der Waals surface area contributed by atoms with E-state index in [2.05, 4.69) is 22.6 Å². The van der Waals surface area contributed by atoms with Crippen LogP contribution in [0.25, 0.3) is 0 Å². The Bertz CT molecular complexity index is 677. The molecule has 0 aliphatic heterocycles. The number of nitrogens with zero attached hydrogens (tertiary/aromatic N) is 1. The van der Waals surface area contributed by atoms with E-state index < -0.39 is 17.3 Å². The van der Waals surface area contributed by atoms with Crippen molar-refractivity contribution in [1.29, 1.82) is 5.26 Å². The highest BCUT2D eigenvalue weighted by atomic mass is 127. The van der Waals surface area contributed by atoms with Crippen LogP contribution in [0.2, 0.25) is 0 Å². The van der Waals surface area contributed by atoms with Gasteiger partial charge in [-0.3, -0.25) is 0 Å². The van der Waals surface area contributed by atoms with Crippen LogP contribution in [-0.4, -0.2) is 0 Å². The Morgan fingerprint density at radius 1 is 1.05 bits per heavy atom. The maximum Gasteiger partial charge on any atom is 0.417 e. The number of ether oxygens (including phenoxy) is 1. The van der Waals surface area contributed by atoms with Crippen LogP contribution in [0.15, 0.2) is 42.5 Å². The molecule has 0 atom stereocenters. The SMILES string of the molecule is N#Cc1cc(Oc2cccc(I)c2)ccc1C(F)(F)F. The molecule has 0 N–H and O–H groups in total. The predicted molar refractivity (Wildman–Crippen MR) is 75.4 cm³/mol. The number of halogens is 4. The van der Waals surface area contributed by atoms with E-state index >= 15 is 0 Å². The Hall–Kier alpha value is -1.75. The second-order valence-corrected chi connectivity index (χ2v) is 5.12. The summed E-state index contributed by atoms with van der Waals surface area (Å²) in [5, 5.41) is 8.81.